The molecule has 0 aromatic rings. The number of carbonyl (C=O) groups is 1. The molecule has 0 fully saturated rings. The van der Waals surface area contributed by atoms with Crippen molar-refractivity contribution in [1.29, 1.82) is 0 Å². The Morgan fingerprint density at radius 2 is 1.77 bits per heavy atom. The summed E-state index contributed by atoms with van der Waals surface area (Å²) in [6.07, 6.45) is 0. The third-order valence-corrected chi connectivity index (χ3v) is 7.60. The van der Waals surface area contributed by atoms with Gasteiger partial charge < -0.3 is 0 Å². The number of nitrogens with one attached hydrogen (secondary N) is 2. The van der Waals surface area contributed by atoms with E-state index in [-0.39, 0.29) is 5.91 Å². The molecule has 0 atom stereocenters. The van der Waals surface area contributed by atoms with E-state index in [1.54, 1.807) is 0 Å². The average molecular weight is 601 g/mol. The zero-order valence-corrected chi connectivity index (χ0v) is 18.0. The molecule has 0 saturated carbocycles. The topological polar surface area (TPSA) is 41.1 Å². The van der Waals surface area contributed by atoms with Crippen LogP contribution in [0.2, 0.25) is 0 Å². The van der Waals surface area contributed by atoms with Gasteiger partial charge in [-0.05, 0) is 0 Å². The van der Waals surface area contributed by atoms with Gasteiger partial charge >= 0.3 is 118 Å². The Kier molecular flexibility index (Phi) is 13.9. The first-order valence-electron chi connectivity index (χ1n) is 3.92. The van der Waals surface area contributed by atoms with Crippen LogP contribution in [0.5, 0.6) is 0 Å². The molecule has 0 aliphatic carbocycles. The summed E-state index contributed by atoms with van der Waals surface area (Å²) < 4.78 is 0. The van der Waals surface area contributed by atoms with Gasteiger partial charge in [0.25, 0.3) is 0 Å². The fraction of sp³-hybridized carbons (Fsp3) is 0.833. The van der Waals surface area contributed by atoms with Gasteiger partial charge in [-0.3, -0.25) is 0 Å². The van der Waals surface area contributed by atoms with Crippen molar-refractivity contribution in [3.05, 3.63) is 0 Å². The Balaban J connectivity index is 3.11. The summed E-state index contributed by atoms with van der Waals surface area (Å²) in [6, 6.07) is 0. The molecular weight excluding hydrogens is 589 g/mol. The predicted octanol–water partition coefficient (Wildman–Crippen LogP) is -0.674. The minimum atomic E-state index is 0.125. The van der Waals surface area contributed by atoms with Gasteiger partial charge in [-0.25, -0.2) is 0 Å². The molecule has 70 valence electrons. The first-order valence-corrected chi connectivity index (χ1v) is 17.0. The van der Waals surface area contributed by atoms with E-state index in [0.717, 1.165) is 73.1 Å². The number of rotatable bonds is 8. The molecule has 0 aliphatic rings. The third-order valence-electron chi connectivity index (χ3n) is 1.22. The summed E-state index contributed by atoms with van der Waals surface area (Å²) in [4.78, 5) is 11.1. The monoisotopic (exact) mass is 602 g/mol. The molecule has 0 unspecified atom stereocenters. The number of carbonyl (C=O) groups excluding carboxylic acids is 1. The maximum absolute atomic E-state index is 11.1. The molecule has 0 spiro atoms. The Hall–Kier alpha value is 1.97. The van der Waals surface area contributed by atoms with E-state index in [0.29, 0.717) is 6.54 Å². The molecule has 0 saturated heterocycles. The number of hydrogen-bond acceptors (Lipinski definition) is 4. The second-order valence-electron chi connectivity index (χ2n) is 2.27. The summed E-state index contributed by atoms with van der Waals surface area (Å²) in [5.74, 6) is 2.32. The van der Waals surface area contributed by atoms with Crippen LogP contribution < -0.4 is 10.6 Å². The minimum absolute atomic E-state index is 0.125. The van der Waals surface area contributed by atoms with E-state index in [9.17, 15) is 4.79 Å². The second-order valence-corrected chi connectivity index (χ2v) is 11.5. The second kappa shape index (κ2) is 12.0. The molecule has 0 heterocycles. The van der Waals surface area contributed by atoms with Crippen LogP contribution >= 0.6 is 16.6 Å². The van der Waals surface area contributed by atoms with E-state index in [4.69, 9.17) is 0 Å². The van der Waals surface area contributed by atoms with E-state index in [2.05, 4.69) is 10.6 Å². The Morgan fingerprint density at radius 1 is 1.15 bits per heavy atom. The Labute approximate surface area is 116 Å². The Morgan fingerprint density at radius 3 is 2.38 bits per heavy atom. The van der Waals surface area contributed by atoms with E-state index < -0.39 is 0 Å². The van der Waals surface area contributed by atoms with E-state index in [1.165, 1.54) is 0 Å². The van der Waals surface area contributed by atoms with Crippen LogP contribution in [0, 0.1) is 0 Å². The van der Waals surface area contributed by atoms with Gasteiger partial charge in [0.2, 0.25) is 0 Å². The van der Waals surface area contributed by atoms with Gasteiger partial charge in [0.1, 0.15) is 0 Å². The zero-order valence-electron chi connectivity index (χ0n) is 7.41. The fourth-order valence-corrected chi connectivity index (χ4v) is 3.88. The van der Waals surface area contributed by atoms with Gasteiger partial charge in [0.05, 0.1) is 0 Å². The number of amides is 1. The molecule has 0 radical (unpaired) electrons. The number of hydrogen-bond donors (Lipinski definition) is 2. The van der Waals surface area contributed by atoms with Crippen LogP contribution in [-0.4, -0.2) is 85.6 Å². The van der Waals surface area contributed by atoms with Gasteiger partial charge in [-0.1, -0.05) is 0 Å². The zero-order chi connectivity index (χ0) is 9.94. The van der Waals surface area contributed by atoms with Crippen LogP contribution in [0.25, 0.3) is 0 Å². The van der Waals surface area contributed by atoms with Crippen LogP contribution in [0.3, 0.4) is 0 Å². The SMILES string of the molecule is O=C(CNCC[S][Tl])NCC[S][Tl]. The first kappa shape index (κ1) is 15.0. The molecule has 0 aromatic carbocycles. The van der Waals surface area contributed by atoms with Crippen molar-refractivity contribution in [2.24, 2.45) is 0 Å². The molecule has 0 aliphatic heterocycles. The molecule has 0 bridgehead atoms. The third kappa shape index (κ3) is 11.9. The van der Waals surface area contributed by atoms with Crippen molar-refractivity contribution in [3.63, 3.8) is 0 Å². The molecular formula is C6H12N2OS2Tl2. The van der Waals surface area contributed by atoms with Gasteiger partial charge in [0, 0.05) is 0 Å². The normalized spacial score (nSPS) is 9.69. The summed E-state index contributed by atoms with van der Waals surface area (Å²) >= 11 is 1.99. The van der Waals surface area contributed by atoms with E-state index in [1.807, 2.05) is 16.6 Å². The average Bonchev–Trinajstić information content (AvgIpc) is 2.13. The summed E-state index contributed by atoms with van der Waals surface area (Å²) in [5.41, 5.74) is 0. The predicted molar refractivity (Wildman–Crippen MR) is 62.3 cm³/mol. The molecule has 0 aromatic heterocycles. The fourth-order valence-electron chi connectivity index (χ4n) is 0.645. The molecule has 0 rings (SSSR count). The molecule has 3 nitrogen and oxygen atoms in total. The summed E-state index contributed by atoms with van der Waals surface area (Å²) in [7, 11) is 3.86. The van der Waals surface area contributed by atoms with Crippen molar-refractivity contribution in [2.45, 2.75) is 0 Å². The van der Waals surface area contributed by atoms with Crippen molar-refractivity contribution < 1.29 is 4.79 Å². The maximum atomic E-state index is 11.1. The molecule has 1 amide bonds. The molecule has 2 N–H and O–H groups in total. The van der Waals surface area contributed by atoms with Crippen molar-refractivity contribution in [2.75, 3.05) is 31.1 Å². The van der Waals surface area contributed by atoms with Gasteiger partial charge in [-0.15, -0.1) is 0 Å². The van der Waals surface area contributed by atoms with E-state index >= 15 is 0 Å². The summed E-state index contributed by atoms with van der Waals surface area (Å²) in [5, 5.41) is 5.98. The molecule has 7 heteroatoms. The quantitative estimate of drug-likeness (QED) is 0.287. The van der Waals surface area contributed by atoms with Crippen LogP contribution in [-0.2, 0) is 4.79 Å². The summed E-state index contributed by atoms with van der Waals surface area (Å²) in [6.45, 7) is 2.24. The van der Waals surface area contributed by atoms with Crippen LogP contribution in [0.4, 0.5) is 0 Å². The molecule has 13 heavy (non-hydrogen) atoms. The Bertz CT molecular complexity index is 140. The standard InChI is InChI=1S/C6H14N2OS2.2Tl/c9-6(8-2-4-11)5-7-1-3-10;;/h7,10-11H,1-5H2,(H,8,9);;/q;2*+1/p-2. The van der Waals surface area contributed by atoms with Crippen molar-refractivity contribution in [3.8, 4) is 0 Å². The van der Waals surface area contributed by atoms with Crippen LogP contribution in [0.15, 0.2) is 0 Å². The van der Waals surface area contributed by atoms with Gasteiger partial charge in [-0.2, -0.15) is 0 Å². The van der Waals surface area contributed by atoms with Gasteiger partial charge in [0.15, 0.2) is 0 Å². The van der Waals surface area contributed by atoms with Crippen molar-refractivity contribution >= 4 is 71.1 Å². The first-order chi connectivity index (χ1) is 6.31. The van der Waals surface area contributed by atoms with Crippen LogP contribution in [0.1, 0.15) is 0 Å². The van der Waals surface area contributed by atoms with Crippen molar-refractivity contribution in [1.82, 2.24) is 10.6 Å².